The Kier molecular flexibility index (Phi) is 5.28. The Labute approximate surface area is 134 Å². The largest absolute Gasteiger partial charge is 0.323 e. The molecule has 0 amide bonds. The van der Waals surface area contributed by atoms with Crippen LogP contribution in [-0.2, 0) is 10.0 Å². The summed E-state index contributed by atoms with van der Waals surface area (Å²) in [6.07, 6.45) is 1.25. The van der Waals surface area contributed by atoms with Crippen LogP contribution in [0, 0.1) is 0 Å². The van der Waals surface area contributed by atoms with Gasteiger partial charge in [0.2, 0.25) is 21.3 Å². The zero-order valence-electron chi connectivity index (χ0n) is 12.2. The Morgan fingerprint density at radius 1 is 1.18 bits per heavy atom. The predicted octanol–water partition coefficient (Wildman–Crippen LogP) is 2.30. The normalized spacial score (nSPS) is 11.6. The minimum absolute atomic E-state index is 0.0292. The number of hydrogen-bond donors (Lipinski definition) is 1. The Hall–Kier alpha value is -1.77. The van der Waals surface area contributed by atoms with Gasteiger partial charge < -0.3 is 5.32 Å². The lowest BCUT2D eigenvalue weighted by atomic mass is 10.3. The third-order valence-electron chi connectivity index (χ3n) is 3.00. The average Bonchev–Trinajstić information content (AvgIpc) is 2.48. The Bertz CT molecular complexity index is 750. The molecule has 1 heterocycles. The SMILES string of the molecule is CCN(CC)S(=O)(=O)c1ccccc1Nc1ncnc(Cl)n1. The monoisotopic (exact) mass is 341 g/mol. The van der Waals surface area contributed by atoms with Gasteiger partial charge >= 0.3 is 0 Å². The van der Waals surface area contributed by atoms with Gasteiger partial charge in [-0.3, -0.25) is 0 Å². The number of nitrogens with zero attached hydrogens (tertiary/aromatic N) is 4. The minimum atomic E-state index is -3.60. The van der Waals surface area contributed by atoms with Crippen LogP contribution in [0.1, 0.15) is 13.8 Å². The number of hydrogen-bond acceptors (Lipinski definition) is 6. The molecule has 7 nitrogen and oxygen atoms in total. The third kappa shape index (κ3) is 3.52. The van der Waals surface area contributed by atoms with E-state index in [2.05, 4.69) is 20.3 Å². The average molecular weight is 342 g/mol. The second kappa shape index (κ2) is 6.99. The lowest BCUT2D eigenvalue weighted by molar-refractivity contribution is 0.445. The molecule has 22 heavy (non-hydrogen) atoms. The summed E-state index contributed by atoms with van der Waals surface area (Å²) in [7, 11) is -3.60. The summed E-state index contributed by atoms with van der Waals surface area (Å²) in [5, 5.41) is 2.90. The van der Waals surface area contributed by atoms with Crippen LogP contribution in [0.5, 0.6) is 0 Å². The van der Waals surface area contributed by atoms with Crippen molar-refractivity contribution < 1.29 is 8.42 Å². The maximum atomic E-state index is 12.7. The van der Waals surface area contributed by atoms with Crippen LogP contribution < -0.4 is 5.32 Å². The Morgan fingerprint density at radius 2 is 1.86 bits per heavy atom. The predicted molar refractivity (Wildman–Crippen MR) is 84.7 cm³/mol. The van der Waals surface area contributed by atoms with Gasteiger partial charge in [0.15, 0.2) is 0 Å². The molecule has 1 N–H and O–H groups in total. The first kappa shape index (κ1) is 16.6. The molecule has 0 saturated heterocycles. The van der Waals surface area contributed by atoms with Gasteiger partial charge in [-0.05, 0) is 23.7 Å². The summed E-state index contributed by atoms with van der Waals surface area (Å²) in [6.45, 7) is 4.38. The molecule has 118 valence electrons. The molecule has 0 bridgehead atoms. The molecule has 0 atom stereocenters. The van der Waals surface area contributed by atoms with Crippen LogP contribution in [0.2, 0.25) is 5.28 Å². The van der Waals surface area contributed by atoms with Crippen molar-refractivity contribution in [3.8, 4) is 0 Å². The van der Waals surface area contributed by atoms with Crippen molar-refractivity contribution in [2.45, 2.75) is 18.7 Å². The summed E-state index contributed by atoms with van der Waals surface area (Å²) in [5.41, 5.74) is 0.386. The molecule has 9 heteroatoms. The molecule has 2 rings (SSSR count). The molecule has 0 radical (unpaired) electrons. The highest BCUT2D eigenvalue weighted by atomic mass is 35.5. The van der Waals surface area contributed by atoms with Crippen molar-refractivity contribution in [2.75, 3.05) is 18.4 Å². The topological polar surface area (TPSA) is 88.1 Å². The van der Waals surface area contributed by atoms with Crippen molar-refractivity contribution in [1.29, 1.82) is 0 Å². The quantitative estimate of drug-likeness (QED) is 0.867. The van der Waals surface area contributed by atoms with E-state index in [0.29, 0.717) is 18.8 Å². The number of nitrogens with one attached hydrogen (secondary N) is 1. The molecule has 1 aromatic heterocycles. The van der Waals surface area contributed by atoms with Crippen molar-refractivity contribution in [3.63, 3.8) is 0 Å². The molecular weight excluding hydrogens is 326 g/mol. The lowest BCUT2D eigenvalue weighted by Gasteiger charge is -2.20. The summed E-state index contributed by atoms with van der Waals surface area (Å²) >= 11 is 5.71. The number of rotatable bonds is 6. The van der Waals surface area contributed by atoms with Crippen LogP contribution in [-0.4, -0.2) is 40.8 Å². The molecule has 0 aliphatic heterocycles. The van der Waals surface area contributed by atoms with E-state index in [-0.39, 0.29) is 16.1 Å². The van der Waals surface area contributed by atoms with Gasteiger partial charge in [-0.1, -0.05) is 26.0 Å². The molecular formula is C13H16ClN5O2S. The van der Waals surface area contributed by atoms with Crippen LogP contribution >= 0.6 is 11.6 Å². The first-order valence-corrected chi connectivity index (χ1v) is 8.51. The van der Waals surface area contributed by atoms with Gasteiger partial charge in [-0.15, -0.1) is 0 Å². The van der Waals surface area contributed by atoms with E-state index in [1.54, 1.807) is 38.1 Å². The zero-order chi connectivity index (χ0) is 16.2. The van der Waals surface area contributed by atoms with Gasteiger partial charge in [0, 0.05) is 13.1 Å². The molecule has 0 aliphatic carbocycles. The fourth-order valence-corrected chi connectivity index (χ4v) is 3.68. The van der Waals surface area contributed by atoms with Gasteiger partial charge in [-0.25, -0.2) is 18.4 Å². The van der Waals surface area contributed by atoms with Crippen LogP contribution in [0.25, 0.3) is 0 Å². The van der Waals surface area contributed by atoms with E-state index < -0.39 is 10.0 Å². The Balaban J connectivity index is 2.43. The maximum Gasteiger partial charge on any atom is 0.245 e. The number of para-hydroxylation sites is 1. The number of halogens is 1. The standard InChI is InChI=1S/C13H16ClN5O2S/c1-3-19(4-2)22(20,21)11-8-6-5-7-10(11)17-13-16-9-15-12(14)18-13/h5-9H,3-4H2,1-2H3,(H,15,16,17,18). The fraction of sp³-hybridized carbons (Fsp3) is 0.308. The molecule has 0 fully saturated rings. The minimum Gasteiger partial charge on any atom is -0.323 e. The highest BCUT2D eigenvalue weighted by molar-refractivity contribution is 7.89. The van der Waals surface area contributed by atoms with Crippen molar-refractivity contribution in [1.82, 2.24) is 19.3 Å². The second-order valence-corrected chi connectivity index (χ2v) is 6.53. The van der Waals surface area contributed by atoms with E-state index in [1.165, 1.54) is 10.6 Å². The summed E-state index contributed by atoms with van der Waals surface area (Å²) in [5.74, 6) is 0.183. The summed E-state index contributed by atoms with van der Waals surface area (Å²) < 4.78 is 26.7. The highest BCUT2D eigenvalue weighted by Gasteiger charge is 2.24. The first-order valence-electron chi connectivity index (χ1n) is 6.69. The number of benzene rings is 1. The van der Waals surface area contributed by atoms with Crippen LogP contribution in [0.3, 0.4) is 0 Å². The third-order valence-corrected chi connectivity index (χ3v) is 5.29. The molecule has 0 unspecified atom stereocenters. The van der Waals surface area contributed by atoms with Gasteiger partial charge in [0.25, 0.3) is 0 Å². The van der Waals surface area contributed by atoms with Gasteiger partial charge in [0.1, 0.15) is 11.2 Å². The second-order valence-electron chi connectivity index (χ2n) is 4.29. The molecule has 1 aromatic carbocycles. The van der Waals surface area contributed by atoms with E-state index in [9.17, 15) is 8.42 Å². The van der Waals surface area contributed by atoms with Gasteiger partial charge in [-0.2, -0.15) is 9.29 Å². The summed E-state index contributed by atoms with van der Waals surface area (Å²) in [4.78, 5) is 11.7. The van der Waals surface area contributed by atoms with E-state index >= 15 is 0 Å². The van der Waals surface area contributed by atoms with Crippen LogP contribution in [0.4, 0.5) is 11.6 Å². The summed E-state index contributed by atoms with van der Waals surface area (Å²) in [6, 6.07) is 6.58. The van der Waals surface area contributed by atoms with Crippen LogP contribution in [0.15, 0.2) is 35.5 Å². The van der Waals surface area contributed by atoms with E-state index in [1.807, 2.05) is 0 Å². The zero-order valence-corrected chi connectivity index (χ0v) is 13.8. The number of aromatic nitrogens is 3. The number of anilines is 2. The number of sulfonamides is 1. The van der Waals surface area contributed by atoms with Crippen molar-refractivity contribution in [2.24, 2.45) is 0 Å². The lowest BCUT2D eigenvalue weighted by Crippen LogP contribution is -2.31. The van der Waals surface area contributed by atoms with E-state index in [4.69, 9.17) is 11.6 Å². The first-order chi connectivity index (χ1) is 10.5. The Morgan fingerprint density at radius 3 is 2.50 bits per heavy atom. The van der Waals surface area contributed by atoms with Crippen molar-refractivity contribution in [3.05, 3.63) is 35.9 Å². The van der Waals surface area contributed by atoms with E-state index in [0.717, 1.165) is 0 Å². The maximum absolute atomic E-state index is 12.7. The molecule has 0 saturated carbocycles. The molecule has 0 aliphatic rings. The fourth-order valence-electron chi connectivity index (χ4n) is 1.95. The van der Waals surface area contributed by atoms with Crippen molar-refractivity contribution >= 4 is 33.3 Å². The smallest absolute Gasteiger partial charge is 0.245 e. The molecule has 0 spiro atoms. The van der Waals surface area contributed by atoms with Gasteiger partial charge in [0.05, 0.1) is 5.69 Å². The highest BCUT2D eigenvalue weighted by Crippen LogP contribution is 2.26. The molecule has 2 aromatic rings.